The third-order valence-electron chi connectivity index (χ3n) is 2.71. The molecule has 0 fully saturated rings. The van der Waals surface area contributed by atoms with Crippen LogP contribution in [0.2, 0.25) is 5.02 Å². The predicted octanol–water partition coefficient (Wildman–Crippen LogP) is 3.70. The Hall–Kier alpha value is -1.74. The standard InChI is InChI=1S/C14H14ClFN2/c1-18(9-10-3-2-4-11(17)7-10)12-5-6-14(16)13(15)8-12/h2-8H,9,17H2,1H3. The van der Waals surface area contributed by atoms with Crippen molar-refractivity contribution < 1.29 is 4.39 Å². The lowest BCUT2D eigenvalue weighted by Crippen LogP contribution is -2.16. The van der Waals surface area contributed by atoms with Crippen LogP contribution in [0.3, 0.4) is 0 Å². The monoisotopic (exact) mass is 264 g/mol. The second-order valence-corrected chi connectivity index (χ2v) is 4.61. The highest BCUT2D eigenvalue weighted by Crippen LogP contribution is 2.23. The number of benzene rings is 2. The number of nitrogens with zero attached hydrogens (tertiary/aromatic N) is 1. The molecule has 0 amide bonds. The van der Waals surface area contributed by atoms with Gasteiger partial charge in [-0.2, -0.15) is 0 Å². The Bertz CT molecular complexity index is 557. The van der Waals surface area contributed by atoms with Gasteiger partial charge in [-0.1, -0.05) is 23.7 Å². The second-order valence-electron chi connectivity index (χ2n) is 4.20. The molecule has 94 valence electrons. The van der Waals surface area contributed by atoms with Crippen LogP contribution in [0, 0.1) is 5.82 Å². The van der Waals surface area contributed by atoms with Crippen molar-refractivity contribution in [3.8, 4) is 0 Å². The molecule has 0 aliphatic heterocycles. The van der Waals surface area contributed by atoms with E-state index in [0.29, 0.717) is 6.54 Å². The molecule has 0 bridgehead atoms. The zero-order chi connectivity index (χ0) is 13.1. The molecule has 2 rings (SSSR count). The summed E-state index contributed by atoms with van der Waals surface area (Å²) in [5, 5.41) is 0.131. The molecular formula is C14H14ClFN2. The first-order valence-electron chi connectivity index (χ1n) is 5.57. The van der Waals surface area contributed by atoms with E-state index in [1.807, 2.05) is 36.2 Å². The lowest BCUT2D eigenvalue weighted by molar-refractivity contribution is 0.628. The molecule has 0 heterocycles. The summed E-state index contributed by atoms with van der Waals surface area (Å²) < 4.78 is 13.1. The number of nitrogen functional groups attached to an aromatic ring is 1. The highest BCUT2D eigenvalue weighted by atomic mass is 35.5. The quantitative estimate of drug-likeness (QED) is 0.857. The number of nitrogens with two attached hydrogens (primary N) is 1. The van der Waals surface area contributed by atoms with Crippen molar-refractivity contribution in [2.24, 2.45) is 0 Å². The van der Waals surface area contributed by atoms with Gasteiger partial charge in [0.1, 0.15) is 5.82 Å². The number of anilines is 2. The topological polar surface area (TPSA) is 29.3 Å². The number of hydrogen-bond acceptors (Lipinski definition) is 2. The van der Waals surface area contributed by atoms with Gasteiger partial charge in [0.2, 0.25) is 0 Å². The highest BCUT2D eigenvalue weighted by Gasteiger charge is 2.06. The van der Waals surface area contributed by atoms with E-state index in [1.165, 1.54) is 6.07 Å². The fraction of sp³-hybridized carbons (Fsp3) is 0.143. The summed E-state index contributed by atoms with van der Waals surface area (Å²) in [7, 11) is 1.92. The lowest BCUT2D eigenvalue weighted by Gasteiger charge is -2.20. The van der Waals surface area contributed by atoms with Crippen LogP contribution < -0.4 is 10.6 Å². The van der Waals surface area contributed by atoms with Crippen molar-refractivity contribution in [2.75, 3.05) is 17.7 Å². The average Bonchev–Trinajstić information content (AvgIpc) is 2.32. The van der Waals surface area contributed by atoms with Gasteiger partial charge in [0.05, 0.1) is 5.02 Å². The van der Waals surface area contributed by atoms with E-state index in [0.717, 1.165) is 16.9 Å². The van der Waals surface area contributed by atoms with E-state index in [9.17, 15) is 4.39 Å². The van der Waals surface area contributed by atoms with Gasteiger partial charge in [0, 0.05) is 25.0 Å². The summed E-state index contributed by atoms with van der Waals surface area (Å²) in [5.41, 5.74) is 8.42. The van der Waals surface area contributed by atoms with Crippen LogP contribution in [0.5, 0.6) is 0 Å². The van der Waals surface area contributed by atoms with E-state index in [2.05, 4.69) is 0 Å². The largest absolute Gasteiger partial charge is 0.399 e. The molecule has 4 heteroatoms. The summed E-state index contributed by atoms with van der Waals surface area (Å²) in [5.74, 6) is -0.405. The summed E-state index contributed by atoms with van der Waals surface area (Å²) in [6, 6.07) is 12.4. The third kappa shape index (κ3) is 2.93. The Morgan fingerprint density at radius 2 is 2.00 bits per heavy atom. The molecule has 0 saturated carbocycles. The van der Waals surface area contributed by atoms with Crippen molar-refractivity contribution in [1.82, 2.24) is 0 Å². The van der Waals surface area contributed by atoms with E-state index < -0.39 is 5.82 Å². The Balaban J connectivity index is 2.16. The molecule has 0 atom stereocenters. The minimum absolute atomic E-state index is 0.131. The molecule has 0 aliphatic carbocycles. The minimum Gasteiger partial charge on any atom is -0.399 e. The van der Waals surface area contributed by atoms with Crippen molar-refractivity contribution in [3.05, 3.63) is 58.9 Å². The van der Waals surface area contributed by atoms with E-state index in [4.69, 9.17) is 17.3 Å². The molecule has 0 saturated heterocycles. The molecule has 0 aliphatic rings. The summed E-state index contributed by atoms with van der Waals surface area (Å²) in [6.45, 7) is 0.688. The number of hydrogen-bond donors (Lipinski definition) is 1. The fourth-order valence-electron chi connectivity index (χ4n) is 1.78. The van der Waals surface area contributed by atoms with E-state index >= 15 is 0 Å². The maximum Gasteiger partial charge on any atom is 0.141 e. The average molecular weight is 265 g/mol. The molecule has 2 nitrogen and oxygen atoms in total. The van der Waals surface area contributed by atoms with Gasteiger partial charge in [-0.25, -0.2) is 4.39 Å². The van der Waals surface area contributed by atoms with Crippen molar-refractivity contribution >= 4 is 23.0 Å². The molecular weight excluding hydrogens is 251 g/mol. The van der Waals surface area contributed by atoms with E-state index in [1.54, 1.807) is 12.1 Å². The van der Waals surface area contributed by atoms with Crippen LogP contribution in [-0.4, -0.2) is 7.05 Å². The molecule has 2 aromatic rings. The maximum atomic E-state index is 13.1. The van der Waals surface area contributed by atoms with Crippen LogP contribution in [0.1, 0.15) is 5.56 Å². The summed E-state index contributed by atoms with van der Waals surface area (Å²) in [6.07, 6.45) is 0. The predicted molar refractivity (Wildman–Crippen MR) is 74.4 cm³/mol. The Morgan fingerprint density at radius 3 is 2.67 bits per heavy atom. The van der Waals surface area contributed by atoms with Crippen molar-refractivity contribution in [3.63, 3.8) is 0 Å². The van der Waals surface area contributed by atoms with Gasteiger partial charge in [0.25, 0.3) is 0 Å². The van der Waals surface area contributed by atoms with Crippen LogP contribution in [0.4, 0.5) is 15.8 Å². The van der Waals surface area contributed by atoms with Crippen LogP contribution in [0.25, 0.3) is 0 Å². The molecule has 0 spiro atoms. The Kier molecular flexibility index (Phi) is 3.72. The Labute approximate surface area is 111 Å². The molecule has 0 unspecified atom stereocenters. The summed E-state index contributed by atoms with van der Waals surface area (Å²) >= 11 is 5.76. The SMILES string of the molecule is CN(Cc1cccc(N)c1)c1ccc(F)c(Cl)c1. The van der Waals surface area contributed by atoms with Crippen LogP contribution in [0.15, 0.2) is 42.5 Å². The smallest absolute Gasteiger partial charge is 0.141 e. The lowest BCUT2D eigenvalue weighted by atomic mass is 10.2. The highest BCUT2D eigenvalue weighted by molar-refractivity contribution is 6.31. The Morgan fingerprint density at radius 1 is 1.22 bits per heavy atom. The third-order valence-corrected chi connectivity index (χ3v) is 3.00. The van der Waals surface area contributed by atoms with Crippen molar-refractivity contribution in [2.45, 2.75) is 6.54 Å². The van der Waals surface area contributed by atoms with Crippen LogP contribution in [-0.2, 0) is 6.54 Å². The van der Waals surface area contributed by atoms with Gasteiger partial charge < -0.3 is 10.6 Å². The zero-order valence-corrected chi connectivity index (χ0v) is 10.8. The number of halogens is 2. The van der Waals surface area contributed by atoms with Gasteiger partial charge in [-0.05, 0) is 35.9 Å². The van der Waals surface area contributed by atoms with Gasteiger partial charge >= 0.3 is 0 Å². The second kappa shape index (κ2) is 5.27. The fourth-order valence-corrected chi connectivity index (χ4v) is 1.95. The summed E-state index contributed by atoms with van der Waals surface area (Å²) in [4.78, 5) is 1.99. The van der Waals surface area contributed by atoms with Crippen molar-refractivity contribution in [1.29, 1.82) is 0 Å². The molecule has 2 aromatic carbocycles. The van der Waals surface area contributed by atoms with E-state index in [-0.39, 0.29) is 5.02 Å². The minimum atomic E-state index is -0.405. The van der Waals surface area contributed by atoms with Gasteiger partial charge in [-0.3, -0.25) is 0 Å². The molecule has 0 aromatic heterocycles. The molecule has 18 heavy (non-hydrogen) atoms. The molecule has 2 N–H and O–H groups in total. The van der Waals surface area contributed by atoms with Crippen LogP contribution >= 0.6 is 11.6 Å². The normalized spacial score (nSPS) is 10.4. The number of rotatable bonds is 3. The first kappa shape index (κ1) is 12.7. The van der Waals surface area contributed by atoms with Gasteiger partial charge in [-0.15, -0.1) is 0 Å². The van der Waals surface area contributed by atoms with Gasteiger partial charge in [0.15, 0.2) is 0 Å². The first-order chi connectivity index (χ1) is 8.56. The maximum absolute atomic E-state index is 13.1. The first-order valence-corrected chi connectivity index (χ1v) is 5.94. The zero-order valence-electron chi connectivity index (χ0n) is 10.0. The molecule has 0 radical (unpaired) electrons.